The molecule has 0 aliphatic heterocycles. The van der Waals surface area contributed by atoms with Gasteiger partial charge in [0, 0.05) is 0 Å². The number of benzene rings is 1. The molecule has 4 heteroatoms. The van der Waals surface area contributed by atoms with Crippen molar-refractivity contribution in [3.05, 3.63) is 35.4 Å². The predicted octanol–water partition coefficient (Wildman–Crippen LogP) is 6.49. The molecule has 1 N–H and O–H groups in total. The first-order chi connectivity index (χ1) is 13.0. The van der Waals surface area contributed by atoms with Crippen molar-refractivity contribution in [1.82, 2.24) is 0 Å². The van der Waals surface area contributed by atoms with Crippen molar-refractivity contribution in [3.63, 3.8) is 0 Å². The van der Waals surface area contributed by atoms with E-state index in [1.165, 1.54) is 63.5 Å². The maximum atomic E-state index is 12.0. The number of carboxylic acids is 1. The van der Waals surface area contributed by atoms with E-state index in [1.54, 1.807) is 12.1 Å². The third-order valence-corrected chi connectivity index (χ3v) is 4.79. The Morgan fingerprint density at radius 1 is 0.815 bits per heavy atom. The number of carbonyl (C=O) groups is 2. The van der Waals surface area contributed by atoms with Gasteiger partial charge in [0.2, 0.25) is 0 Å². The highest BCUT2D eigenvalue weighted by Crippen LogP contribution is 2.14. The Kier molecular flexibility index (Phi) is 12.2. The molecule has 0 aromatic heterocycles. The molecule has 152 valence electrons. The predicted molar refractivity (Wildman–Crippen MR) is 109 cm³/mol. The number of carboxylic acid groups (broad SMARTS) is 1. The first kappa shape index (κ1) is 23.2. The van der Waals surface area contributed by atoms with Crippen LogP contribution in [0.1, 0.15) is 105 Å². The van der Waals surface area contributed by atoms with Crippen molar-refractivity contribution in [2.75, 3.05) is 6.61 Å². The van der Waals surface area contributed by atoms with Crippen LogP contribution in [0.25, 0.3) is 0 Å². The van der Waals surface area contributed by atoms with Gasteiger partial charge >= 0.3 is 11.9 Å². The van der Waals surface area contributed by atoms with Gasteiger partial charge in [-0.2, -0.15) is 0 Å². The van der Waals surface area contributed by atoms with Crippen molar-refractivity contribution in [2.45, 2.75) is 84.5 Å². The molecule has 0 heterocycles. The van der Waals surface area contributed by atoms with Crippen molar-refractivity contribution in [2.24, 2.45) is 5.92 Å². The van der Waals surface area contributed by atoms with Gasteiger partial charge in [0.1, 0.15) is 0 Å². The van der Waals surface area contributed by atoms with Gasteiger partial charge in [-0.1, -0.05) is 90.2 Å². The Hall–Kier alpha value is -1.84. The van der Waals surface area contributed by atoms with E-state index in [2.05, 4.69) is 13.8 Å². The van der Waals surface area contributed by atoms with Crippen LogP contribution in [-0.2, 0) is 4.74 Å². The summed E-state index contributed by atoms with van der Waals surface area (Å²) in [6, 6.07) is 6.16. The second kappa shape index (κ2) is 14.2. The number of unbranched alkanes of at least 4 members (excludes halogenated alkanes) is 9. The number of carbonyl (C=O) groups excluding carboxylic acids is 1. The second-order valence-electron chi connectivity index (χ2n) is 7.70. The summed E-state index contributed by atoms with van der Waals surface area (Å²) in [6.07, 6.45) is 13.7. The lowest BCUT2D eigenvalue weighted by molar-refractivity contribution is 0.0487. The summed E-state index contributed by atoms with van der Waals surface area (Å²) >= 11 is 0. The maximum Gasteiger partial charge on any atom is 0.339 e. The Morgan fingerprint density at radius 3 is 1.81 bits per heavy atom. The van der Waals surface area contributed by atoms with E-state index < -0.39 is 11.9 Å². The molecule has 0 atom stereocenters. The van der Waals surface area contributed by atoms with E-state index in [4.69, 9.17) is 9.84 Å². The van der Waals surface area contributed by atoms with Crippen LogP contribution in [0.5, 0.6) is 0 Å². The number of esters is 1. The molecule has 0 fully saturated rings. The summed E-state index contributed by atoms with van der Waals surface area (Å²) < 4.78 is 5.22. The molecule has 0 radical (unpaired) electrons. The van der Waals surface area contributed by atoms with Gasteiger partial charge in [-0.05, 0) is 24.5 Å². The number of ether oxygens (including phenoxy) is 1. The van der Waals surface area contributed by atoms with Crippen LogP contribution in [0.4, 0.5) is 0 Å². The first-order valence-corrected chi connectivity index (χ1v) is 10.5. The Morgan fingerprint density at radius 2 is 1.30 bits per heavy atom. The van der Waals surface area contributed by atoms with Gasteiger partial charge in [-0.25, -0.2) is 9.59 Å². The molecule has 1 aromatic carbocycles. The van der Waals surface area contributed by atoms with Crippen molar-refractivity contribution < 1.29 is 19.4 Å². The molecule has 0 saturated carbocycles. The quantitative estimate of drug-likeness (QED) is 0.281. The molecule has 0 saturated heterocycles. The number of hydrogen-bond donors (Lipinski definition) is 1. The van der Waals surface area contributed by atoms with Crippen LogP contribution in [0.15, 0.2) is 24.3 Å². The van der Waals surface area contributed by atoms with Crippen molar-refractivity contribution >= 4 is 11.9 Å². The Balaban J connectivity index is 1.99. The highest BCUT2D eigenvalue weighted by Gasteiger charge is 2.16. The Bertz CT molecular complexity index is 551. The minimum absolute atomic E-state index is 0.00768. The molecule has 4 nitrogen and oxygen atoms in total. The van der Waals surface area contributed by atoms with Crippen LogP contribution in [0.2, 0.25) is 0 Å². The van der Waals surface area contributed by atoms with E-state index in [0.717, 1.165) is 25.2 Å². The van der Waals surface area contributed by atoms with Gasteiger partial charge in [0.15, 0.2) is 0 Å². The van der Waals surface area contributed by atoms with Crippen LogP contribution >= 0.6 is 0 Å². The van der Waals surface area contributed by atoms with E-state index in [9.17, 15) is 9.59 Å². The SMILES string of the molecule is CC(C)CCCCCCCCCCCCOC(=O)c1ccccc1C(=O)O. The largest absolute Gasteiger partial charge is 0.478 e. The van der Waals surface area contributed by atoms with Gasteiger partial charge in [-0.15, -0.1) is 0 Å². The zero-order valence-corrected chi connectivity index (χ0v) is 17.0. The molecule has 0 aliphatic carbocycles. The fourth-order valence-corrected chi connectivity index (χ4v) is 3.16. The normalized spacial score (nSPS) is 10.9. The van der Waals surface area contributed by atoms with E-state index >= 15 is 0 Å². The molecule has 27 heavy (non-hydrogen) atoms. The molecule has 0 unspecified atom stereocenters. The fourth-order valence-electron chi connectivity index (χ4n) is 3.16. The number of rotatable bonds is 15. The van der Waals surface area contributed by atoms with Gasteiger partial charge in [0.05, 0.1) is 17.7 Å². The van der Waals surface area contributed by atoms with Crippen molar-refractivity contribution in [1.29, 1.82) is 0 Å². The van der Waals surface area contributed by atoms with Crippen LogP contribution in [0, 0.1) is 5.92 Å². The summed E-state index contributed by atoms with van der Waals surface area (Å²) in [7, 11) is 0. The highest BCUT2D eigenvalue weighted by atomic mass is 16.5. The minimum Gasteiger partial charge on any atom is -0.478 e. The summed E-state index contributed by atoms with van der Waals surface area (Å²) in [5.41, 5.74) is 0.116. The molecule has 0 amide bonds. The Labute approximate surface area is 164 Å². The molecule has 0 bridgehead atoms. The topological polar surface area (TPSA) is 63.6 Å². The summed E-state index contributed by atoms with van der Waals surface area (Å²) in [5.74, 6) is -0.830. The van der Waals surface area contributed by atoms with E-state index in [-0.39, 0.29) is 11.1 Å². The van der Waals surface area contributed by atoms with Gasteiger partial charge < -0.3 is 9.84 Å². The lowest BCUT2D eigenvalue weighted by Crippen LogP contribution is -2.12. The van der Waals surface area contributed by atoms with Gasteiger partial charge in [0.25, 0.3) is 0 Å². The second-order valence-corrected chi connectivity index (χ2v) is 7.70. The van der Waals surface area contributed by atoms with Crippen LogP contribution < -0.4 is 0 Å². The van der Waals surface area contributed by atoms with Crippen LogP contribution in [-0.4, -0.2) is 23.7 Å². The highest BCUT2D eigenvalue weighted by molar-refractivity contribution is 6.02. The summed E-state index contributed by atoms with van der Waals surface area (Å²) in [4.78, 5) is 23.1. The van der Waals surface area contributed by atoms with Crippen LogP contribution in [0.3, 0.4) is 0 Å². The number of hydrogen-bond acceptors (Lipinski definition) is 3. The number of aromatic carboxylic acids is 1. The summed E-state index contributed by atoms with van der Waals surface area (Å²) in [5, 5.41) is 9.10. The average Bonchev–Trinajstić information content (AvgIpc) is 2.65. The summed E-state index contributed by atoms with van der Waals surface area (Å²) in [6.45, 7) is 4.93. The zero-order valence-electron chi connectivity index (χ0n) is 17.0. The monoisotopic (exact) mass is 376 g/mol. The molecule has 0 spiro atoms. The molecular weight excluding hydrogens is 340 g/mol. The minimum atomic E-state index is -1.11. The molecule has 1 rings (SSSR count). The van der Waals surface area contributed by atoms with E-state index in [1.807, 2.05) is 0 Å². The third-order valence-electron chi connectivity index (χ3n) is 4.79. The van der Waals surface area contributed by atoms with Gasteiger partial charge in [-0.3, -0.25) is 0 Å². The fraction of sp³-hybridized carbons (Fsp3) is 0.652. The van der Waals surface area contributed by atoms with E-state index in [0.29, 0.717) is 6.61 Å². The lowest BCUT2D eigenvalue weighted by Gasteiger charge is -2.07. The zero-order chi connectivity index (χ0) is 19.9. The standard InChI is InChI=1S/C23H36O4/c1-19(2)15-11-9-7-5-3-4-6-8-10-14-18-27-23(26)21-17-13-12-16-20(21)22(24)25/h12-13,16-17,19H,3-11,14-15,18H2,1-2H3,(H,24,25). The molecular formula is C23H36O4. The van der Waals surface area contributed by atoms with Crippen molar-refractivity contribution in [3.8, 4) is 0 Å². The smallest absolute Gasteiger partial charge is 0.339 e. The lowest BCUT2D eigenvalue weighted by atomic mass is 10.0. The average molecular weight is 377 g/mol. The third kappa shape index (κ3) is 10.8. The molecule has 0 aliphatic rings. The maximum absolute atomic E-state index is 12.0. The first-order valence-electron chi connectivity index (χ1n) is 10.5. The molecule has 1 aromatic rings.